The monoisotopic (exact) mass is 405 g/mol. The Hall–Kier alpha value is -2.16. The number of hydrogen-bond acceptors (Lipinski definition) is 6. The highest BCUT2D eigenvalue weighted by molar-refractivity contribution is 5.82. The Labute approximate surface area is 172 Å². The lowest BCUT2D eigenvalue weighted by molar-refractivity contribution is -0.148. The quantitative estimate of drug-likeness (QED) is 0.662. The van der Waals surface area contributed by atoms with E-state index in [4.69, 9.17) is 14.2 Å². The number of amides is 2. The van der Waals surface area contributed by atoms with E-state index >= 15 is 0 Å². The Bertz CT molecular complexity index is 685. The Morgan fingerprint density at radius 3 is 2.45 bits per heavy atom. The molecule has 0 saturated carbocycles. The van der Waals surface area contributed by atoms with Crippen LogP contribution in [0.4, 0.5) is 0 Å². The molecule has 2 amide bonds. The van der Waals surface area contributed by atoms with E-state index in [0.717, 1.165) is 24.4 Å². The van der Waals surface area contributed by atoms with Crippen molar-refractivity contribution in [3.8, 4) is 5.75 Å². The van der Waals surface area contributed by atoms with Crippen molar-refractivity contribution in [1.82, 2.24) is 14.7 Å². The van der Waals surface area contributed by atoms with Crippen molar-refractivity contribution in [2.24, 2.45) is 0 Å². The second-order valence-corrected chi connectivity index (χ2v) is 7.40. The SMILES string of the molecule is COc1cccc(COC(C)C(=O)N2CCN(C(=O)CN3CCOCC3)CC2)c1. The summed E-state index contributed by atoms with van der Waals surface area (Å²) in [6.07, 6.45) is -0.531. The molecule has 1 aromatic rings. The summed E-state index contributed by atoms with van der Waals surface area (Å²) in [4.78, 5) is 30.9. The fraction of sp³-hybridized carbons (Fsp3) is 0.619. The number of morpholine rings is 1. The van der Waals surface area contributed by atoms with E-state index in [9.17, 15) is 9.59 Å². The molecular formula is C21H31N3O5. The summed E-state index contributed by atoms with van der Waals surface area (Å²) in [6, 6.07) is 7.61. The lowest BCUT2D eigenvalue weighted by Crippen LogP contribution is -2.54. The van der Waals surface area contributed by atoms with Crippen LogP contribution in [0.25, 0.3) is 0 Å². The second kappa shape index (κ2) is 10.6. The zero-order valence-electron chi connectivity index (χ0n) is 17.3. The summed E-state index contributed by atoms with van der Waals surface area (Å²) >= 11 is 0. The number of benzene rings is 1. The van der Waals surface area contributed by atoms with Crippen molar-refractivity contribution in [2.75, 3.05) is 66.1 Å². The van der Waals surface area contributed by atoms with Crippen LogP contribution in [-0.2, 0) is 25.7 Å². The van der Waals surface area contributed by atoms with Gasteiger partial charge in [-0.25, -0.2) is 0 Å². The Morgan fingerprint density at radius 1 is 1.07 bits per heavy atom. The molecule has 160 valence electrons. The molecule has 1 aromatic carbocycles. The molecule has 0 aromatic heterocycles. The maximum absolute atomic E-state index is 12.7. The molecule has 8 heteroatoms. The molecule has 2 fully saturated rings. The summed E-state index contributed by atoms with van der Waals surface area (Å²) in [5, 5.41) is 0. The first-order valence-electron chi connectivity index (χ1n) is 10.2. The van der Waals surface area contributed by atoms with Crippen LogP contribution in [0, 0.1) is 0 Å². The van der Waals surface area contributed by atoms with Gasteiger partial charge in [0.05, 0.1) is 33.5 Å². The van der Waals surface area contributed by atoms with Crippen molar-refractivity contribution in [2.45, 2.75) is 19.6 Å². The third kappa shape index (κ3) is 6.16. The Balaban J connectivity index is 1.40. The fourth-order valence-electron chi connectivity index (χ4n) is 3.54. The van der Waals surface area contributed by atoms with Gasteiger partial charge < -0.3 is 24.0 Å². The predicted molar refractivity (Wildman–Crippen MR) is 108 cm³/mol. The van der Waals surface area contributed by atoms with Gasteiger partial charge in [-0.15, -0.1) is 0 Å². The molecule has 2 heterocycles. The van der Waals surface area contributed by atoms with Gasteiger partial charge in [-0.05, 0) is 24.6 Å². The van der Waals surface area contributed by atoms with Crippen molar-refractivity contribution in [1.29, 1.82) is 0 Å². The fourth-order valence-corrected chi connectivity index (χ4v) is 3.54. The molecule has 0 aliphatic carbocycles. The molecule has 0 bridgehead atoms. The van der Waals surface area contributed by atoms with Gasteiger partial charge in [0.15, 0.2) is 0 Å². The highest BCUT2D eigenvalue weighted by Gasteiger charge is 2.28. The van der Waals surface area contributed by atoms with E-state index in [1.807, 2.05) is 29.2 Å². The average molecular weight is 405 g/mol. The van der Waals surface area contributed by atoms with E-state index in [1.165, 1.54) is 0 Å². The number of hydrogen-bond donors (Lipinski definition) is 0. The third-order valence-electron chi connectivity index (χ3n) is 5.39. The van der Waals surface area contributed by atoms with Crippen molar-refractivity contribution < 1.29 is 23.8 Å². The van der Waals surface area contributed by atoms with Gasteiger partial charge >= 0.3 is 0 Å². The largest absolute Gasteiger partial charge is 0.497 e. The maximum atomic E-state index is 12.7. The number of carbonyl (C=O) groups excluding carboxylic acids is 2. The molecule has 2 saturated heterocycles. The highest BCUT2D eigenvalue weighted by Crippen LogP contribution is 2.15. The molecule has 3 rings (SSSR count). The van der Waals surface area contributed by atoms with Gasteiger partial charge in [0.25, 0.3) is 5.91 Å². The number of carbonyl (C=O) groups is 2. The minimum absolute atomic E-state index is 0.0341. The van der Waals surface area contributed by atoms with Crippen LogP contribution in [0.5, 0.6) is 5.75 Å². The molecule has 29 heavy (non-hydrogen) atoms. The van der Waals surface area contributed by atoms with Crippen LogP contribution < -0.4 is 4.74 Å². The lowest BCUT2D eigenvalue weighted by atomic mass is 10.2. The molecule has 8 nitrogen and oxygen atoms in total. The smallest absolute Gasteiger partial charge is 0.251 e. The molecule has 1 unspecified atom stereocenters. The molecule has 0 radical (unpaired) electrons. The van der Waals surface area contributed by atoms with Crippen LogP contribution in [0.3, 0.4) is 0 Å². The van der Waals surface area contributed by atoms with E-state index in [1.54, 1.807) is 18.9 Å². The molecule has 0 N–H and O–H groups in total. The minimum atomic E-state index is -0.531. The number of piperazine rings is 1. The third-order valence-corrected chi connectivity index (χ3v) is 5.39. The number of nitrogens with zero attached hydrogens (tertiary/aromatic N) is 3. The second-order valence-electron chi connectivity index (χ2n) is 7.40. The van der Waals surface area contributed by atoms with Gasteiger partial charge in [0, 0.05) is 39.3 Å². The summed E-state index contributed by atoms with van der Waals surface area (Å²) in [5.41, 5.74) is 0.961. The Kier molecular flexibility index (Phi) is 7.85. The highest BCUT2D eigenvalue weighted by atomic mass is 16.5. The van der Waals surface area contributed by atoms with Gasteiger partial charge in [-0.1, -0.05) is 12.1 Å². The van der Waals surface area contributed by atoms with Crippen LogP contribution in [-0.4, -0.2) is 98.8 Å². The normalized spacial score (nSPS) is 19.1. The van der Waals surface area contributed by atoms with Gasteiger partial charge in [0.2, 0.25) is 5.91 Å². The summed E-state index contributed by atoms with van der Waals surface area (Å²) in [6.45, 7) is 7.74. The van der Waals surface area contributed by atoms with E-state index < -0.39 is 6.10 Å². The number of methoxy groups -OCH3 is 1. The molecule has 1 atom stereocenters. The van der Waals surface area contributed by atoms with Crippen LogP contribution in [0.15, 0.2) is 24.3 Å². The molecule has 0 spiro atoms. The van der Waals surface area contributed by atoms with Gasteiger partial charge in [-0.2, -0.15) is 0 Å². The van der Waals surface area contributed by atoms with Crippen LogP contribution >= 0.6 is 0 Å². The summed E-state index contributed by atoms with van der Waals surface area (Å²) in [5.74, 6) is 0.859. The zero-order valence-corrected chi connectivity index (χ0v) is 17.3. The van der Waals surface area contributed by atoms with Gasteiger partial charge in [0.1, 0.15) is 11.9 Å². The maximum Gasteiger partial charge on any atom is 0.251 e. The first kappa shape index (κ1) is 21.5. The first-order chi connectivity index (χ1) is 14.1. The van der Waals surface area contributed by atoms with E-state index in [0.29, 0.717) is 52.5 Å². The summed E-state index contributed by atoms with van der Waals surface area (Å²) < 4.78 is 16.3. The Morgan fingerprint density at radius 2 is 1.76 bits per heavy atom. The lowest BCUT2D eigenvalue weighted by Gasteiger charge is -2.37. The van der Waals surface area contributed by atoms with E-state index in [-0.39, 0.29) is 11.8 Å². The molecule has 2 aliphatic rings. The van der Waals surface area contributed by atoms with E-state index in [2.05, 4.69) is 4.90 Å². The van der Waals surface area contributed by atoms with Crippen molar-refractivity contribution >= 4 is 11.8 Å². The number of rotatable bonds is 7. The predicted octanol–water partition coefficient (Wildman–Crippen LogP) is 0.603. The van der Waals surface area contributed by atoms with Crippen LogP contribution in [0.2, 0.25) is 0 Å². The van der Waals surface area contributed by atoms with Crippen molar-refractivity contribution in [3.05, 3.63) is 29.8 Å². The standard InChI is InChI=1S/C21H31N3O5/c1-17(29-16-18-4-3-5-19(14-18)27-2)21(26)24-8-6-23(7-9-24)20(25)15-22-10-12-28-13-11-22/h3-5,14,17H,6-13,15-16H2,1-2H3. The average Bonchev–Trinajstić information content (AvgIpc) is 2.78. The minimum Gasteiger partial charge on any atom is -0.497 e. The van der Waals surface area contributed by atoms with Crippen LogP contribution in [0.1, 0.15) is 12.5 Å². The van der Waals surface area contributed by atoms with Crippen molar-refractivity contribution in [3.63, 3.8) is 0 Å². The number of ether oxygens (including phenoxy) is 3. The molecule has 2 aliphatic heterocycles. The molecular weight excluding hydrogens is 374 g/mol. The first-order valence-corrected chi connectivity index (χ1v) is 10.2. The van der Waals surface area contributed by atoms with Gasteiger partial charge in [-0.3, -0.25) is 14.5 Å². The summed E-state index contributed by atoms with van der Waals surface area (Å²) in [7, 11) is 1.62. The topological polar surface area (TPSA) is 71.6 Å². The zero-order chi connectivity index (χ0) is 20.6.